The molecule has 0 bridgehead atoms. The number of benzene rings is 1. The maximum atomic E-state index is 11.2. The number of aromatic nitrogens is 1. The van der Waals surface area contributed by atoms with Crippen molar-refractivity contribution in [2.75, 3.05) is 0 Å². The van der Waals surface area contributed by atoms with Gasteiger partial charge in [0.2, 0.25) is 0 Å². The molecule has 0 aliphatic heterocycles. The molecule has 0 aliphatic rings. The van der Waals surface area contributed by atoms with Crippen LogP contribution in [0.25, 0.3) is 22.4 Å². The van der Waals surface area contributed by atoms with E-state index in [0.29, 0.717) is 22.4 Å². The second kappa shape index (κ2) is 6.51. The van der Waals surface area contributed by atoms with E-state index in [4.69, 9.17) is 4.42 Å². The second-order valence-corrected chi connectivity index (χ2v) is 4.90. The fourth-order valence-corrected chi connectivity index (χ4v) is 2.27. The van der Waals surface area contributed by atoms with E-state index in [-0.39, 0.29) is 56.9 Å². The predicted octanol–water partition coefficient (Wildman–Crippen LogP) is -0.375. The largest absolute Gasteiger partial charge is 1.00 e. The van der Waals surface area contributed by atoms with Gasteiger partial charge in [-0.05, 0) is 30.3 Å². The van der Waals surface area contributed by atoms with Crippen LogP contribution in [0.1, 0.15) is 10.4 Å². The molecule has 0 atom stereocenters. The average molecular weight is 356 g/mol. The van der Waals surface area contributed by atoms with Gasteiger partial charge in [-0.2, -0.15) is 0 Å². The van der Waals surface area contributed by atoms with Gasteiger partial charge < -0.3 is 14.3 Å². The monoisotopic (exact) mass is 355 g/mol. The van der Waals surface area contributed by atoms with Gasteiger partial charge in [-0.25, -0.2) is 4.98 Å². The number of pyridine rings is 1. The predicted molar refractivity (Wildman–Crippen MR) is 71.5 cm³/mol. The SMILES string of the molecule is O=C([O-])c1cc(-c2ccco2)nc2cc(Br)ccc12.[K+]. The van der Waals surface area contributed by atoms with E-state index in [1.165, 1.54) is 12.3 Å². The summed E-state index contributed by atoms with van der Waals surface area (Å²) in [7, 11) is 0. The molecule has 4 nitrogen and oxygen atoms in total. The van der Waals surface area contributed by atoms with Crippen LogP contribution in [0.5, 0.6) is 0 Å². The van der Waals surface area contributed by atoms with Crippen LogP contribution in [0.15, 0.2) is 51.6 Å². The minimum absolute atomic E-state index is 0. The number of halogens is 1. The number of carboxylic acids is 1. The summed E-state index contributed by atoms with van der Waals surface area (Å²) in [6, 6.07) is 10.1. The van der Waals surface area contributed by atoms with Crippen LogP contribution in [-0.4, -0.2) is 11.0 Å². The van der Waals surface area contributed by atoms with Crippen LogP contribution in [-0.2, 0) is 0 Å². The van der Waals surface area contributed by atoms with Crippen molar-refractivity contribution < 1.29 is 65.7 Å². The Morgan fingerprint density at radius 3 is 2.70 bits per heavy atom. The summed E-state index contributed by atoms with van der Waals surface area (Å²) in [5.41, 5.74) is 1.14. The van der Waals surface area contributed by atoms with Gasteiger partial charge in [-0.1, -0.05) is 22.0 Å². The van der Waals surface area contributed by atoms with Crippen LogP contribution < -0.4 is 56.5 Å². The van der Waals surface area contributed by atoms with Crippen LogP contribution in [0.3, 0.4) is 0 Å². The molecule has 0 saturated heterocycles. The van der Waals surface area contributed by atoms with Crippen LogP contribution in [0.4, 0.5) is 0 Å². The number of fused-ring (bicyclic) bond motifs is 1. The number of carboxylic acid groups (broad SMARTS) is 1. The Bertz CT molecular complexity index is 771. The van der Waals surface area contributed by atoms with Crippen molar-refractivity contribution in [1.82, 2.24) is 4.98 Å². The van der Waals surface area contributed by atoms with Gasteiger partial charge in [0.15, 0.2) is 5.76 Å². The van der Waals surface area contributed by atoms with Crippen LogP contribution in [0, 0.1) is 0 Å². The quantitative estimate of drug-likeness (QED) is 0.588. The van der Waals surface area contributed by atoms with Crippen molar-refractivity contribution in [3.8, 4) is 11.5 Å². The fraction of sp³-hybridized carbons (Fsp3) is 0. The molecule has 0 aliphatic carbocycles. The first-order valence-corrected chi connectivity index (χ1v) is 6.30. The molecule has 0 unspecified atom stereocenters. The average Bonchev–Trinajstić information content (AvgIpc) is 2.90. The minimum atomic E-state index is -1.23. The summed E-state index contributed by atoms with van der Waals surface area (Å²) in [4.78, 5) is 15.6. The van der Waals surface area contributed by atoms with Gasteiger partial charge in [0, 0.05) is 15.4 Å². The van der Waals surface area contributed by atoms with Gasteiger partial charge in [-0.15, -0.1) is 0 Å². The van der Waals surface area contributed by atoms with Gasteiger partial charge in [0.05, 0.1) is 17.7 Å². The van der Waals surface area contributed by atoms with Crippen molar-refractivity contribution in [3.63, 3.8) is 0 Å². The third-order valence-electron chi connectivity index (χ3n) is 2.77. The smallest absolute Gasteiger partial charge is 0.545 e. The van der Waals surface area contributed by atoms with E-state index in [1.54, 1.807) is 30.3 Å². The Morgan fingerprint density at radius 2 is 2.05 bits per heavy atom. The first kappa shape index (κ1) is 15.9. The van der Waals surface area contributed by atoms with Crippen molar-refractivity contribution in [2.45, 2.75) is 0 Å². The zero-order valence-electron chi connectivity index (χ0n) is 10.6. The molecule has 0 amide bonds. The molecule has 0 radical (unpaired) electrons. The summed E-state index contributed by atoms with van der Waals surface area (Å²) in [6.07, 6.45) is 1.51. The number of nitrogens with zero attached hydrogens (tertiary/aromatic N) is 1. The van der Waals surface area contributed by atoms with E-state index < -0.39 is 5.97 Å². The summed E-state index contributed by atoms with van der Waals surface area (Å²) in [6.45, 7) is 0. The van der Waals surface area contributed by atoms with Gasteiger partial charge >= 0.3 is 51.4 Å². The molecule has 0 saturated carbocycles. The van der Waals surface area contributed by atoms with E-state index in [1.807, 2.05) is 0 Å². The Balaban J connectivity index is 0.00000147. The Labute approximate surface area is 165 Å². The number of hydrogen-bond acceptors (Lipinski definition) is 4. The number of carbonyl (C=O) groups excluding carboxylic acids is 1. The third kappa shape index (κ3) is 3.05. The van der Waals surface area contributed by atoms with Crippen molar-refractivity contribution >= 4 is 32.8 Å². The van der Waals surface area contributed by atoms with Gasteiger partial charge in [-0.3, -0.25) is 0 Å². The zero-order chi connectivity index (χ0) is 13.4. The molecule has 20 heavy (non-hydrogen) atoms. The molecular formula is C14H7BrKNO3. The van der Waals surface area contributed by atoms with E-state index >= 15 is 0 Å². The molecule has 0 N–H and O–H groups in total. The van der Waals surface area contributed by atoms with Gasteiger partial charge in [0.1, 0.15) is 5.69 Å². The zero-order valence-corrected chi connectivity index (χ0v) is 15.3. The number of aromatic carboxylic acids is 1. The van der Waals surface area contributed by atoms with Crippen molar-refractivity contribution in [3.05, 3.63) is 52.7 Å². The topological polar surface area (TPSA) is 66.2 Å². The summed E-state index contributed by atoms with van der Waals surface area (Å²) in [5, 5.41) is 11.8. The molecule has 2 aromatic heterocycles. The first-order valence-electron chi connectivity index (χ1n) is 5.50. The molecular weight excluding hydrogens is 349 g/mol. The standard InChI is InChI=1S/C14H8BrNO3.K/c15-8-3-4-9-10(14(17)18)7-12(16-11(9)6-8)13-2-1-5-19-13;/h1-7H,(H,17,18);/q;+1/p-1. The van der Waals surface area contributed by atoms with Crippen LogP contribution in [0.2, 0.25) is 0 Å². The first-order chi connectivity index (χ1) is 9.15. The molecule has 3 aromatic rings. The van der Waals surface area contributed by atoms with E-state index in [0.717, 1.165) is 4.47 Å². The maximum Gasteiger partial charge on any atom is 1.00 e. The fourth-order valence-electron chi connectivity index (χ4n) is 1.92. The third-order valence-corrected chi connectivity index (χ3v) is 3.26. The molecule has 2 heterocycles. The van der Waals surface area contributed by atoms with E-state index in [2.05, 4.69) is 20.9 Å². The number of hydrogen-bond donors (Lipinski definition) is 0. The van der Waals surface area contributed by atoms with E-state index in [9.17, 15) is 9.90 Å². The normalized spacial score (nSPS) is 10.2. The molecule has 94 valence electrons. The second-order valence-electron chi connectivity index (χ2n) is 3.98. The summed E-state index contributed by atoms with van der Waals surface area (Å²) < 4.78 is 6.07. The molecule has 6 heteroatoms. The summed E-state index contributed by atoms with van der Waals surface area (Å²) >= 11 is 3.34. The number of carbonyl (C=O) groups is 1. The number of rotatable bonds is 2. The van der Waals surface area contributed by atoms with Crippen molar-refractivity contribution in [1.29, 1.82) is 0 Å². The minimum Gasteiger partial charge on any atom is -0.545 e. The molecule has 0 spiro atoms. The Kier molecular flexibility index (Phi) is 5.17. The van der Waals surface area contributed by atoms with Crippen LogP contribution >= 0.6 is 15.9 Å². The van der Waals surface area contributed by atoms with Crippen molar-refractivity contribution in [2.24, 2.45) is 0 Å². The summed E-state index contributed by atoms with van der Waals surface area (Å²) in [5.74, 6) is -0.716. The molecule has 1 aromatic carbocycles. The Hall–Kier alpha value is -0.504. The molecule has 0 fully saturated rings. The Morgan fingerprint density at radius 1 is 1.25 bits per heavy atom. The molecule has 3 rings (SSSR count). The van der Waals surface area contributed by atoms with Gasteiger partial charge in [0.25, 0.3) is 0 Å². The maximum absolute atomic E-state index is 11.2. The number of furan rings is 1.